The van der Waals surface area contributed by atoms with Gasteiger partial charge in [-0.25, -0.2) is 0 Å². The van der Waals surface area contributed by atoms with Crippen LogP contribution in [0.2, 0.25) is 0 Å². The Balaban J connectivity index is 2.89. The standard InChI is InChI=1S/C10H13Br2NO/c1-8-3-5-9(6-4-8)13(2)10(11,12)7-14/h3-6,14H,7H2,1-2H3. The fraction of sp³-hybridized carbons (Fsp3) is 0.400. The molecule has 78 valence electrons. The molecule has 0 saturated carbocycles. The first kappa shape index (κ1) is 12.0. The van der Waals surface area contributed by atoms with E-state index in [4.69, 9.17) is 5.11 Å². The molecule has 0 aliphatic rings. The molecule has 0 saturated heterocycles. The molecule has 0 amide bonds. The number of nitrogens with zero attached hydrogens (tertiary/aromatic N) is 1. The molecule has 0 aromatic heterocycles. The van der Waals surface area contributed by atoms with Gasteiger partial charge in [-0.3, -0.25) is 0 Å². The summed E-state index contributed by atoms with van der Waals surface area (Å²) in [4.78, 5) is 1.92. The molecule has 1 rings (SSSR count). The van der Waals surface area contributed by atoms with Gasteiger partial charge in [0.15, 0.2) is 3.36 Å². The van der Waals surface area contributed by atoms with E-state index in [-0.39, 0.29) is 6.61 Å². The molecule has 1 aromatic rings. The van der Waals surface area contributed by atoms with Crippen LogP contribution >= 0.6 is 31.9 Å². The zero-order valence-corrected chi connectivity index (χ0v) is 11.3. The summed E-state index contributed by atoms with van der Waals surface area (Å²) in [7, 11) is 1.91. The average molecular weight is 323 g/mol. The van der Waals surface area contributed by atoms with Gasteiger partial charge < -0.3 is 10.0 Å². The van der Waals surface area contributed by atoms with Crippen LogP contribution in [0, 0.1) is 6.92 Å². The Morgan fingerprint density at radius 3 is 2.21 bits per heavy atom. The number of aliphatic hydroxyl groups is 1. The summed E-state index contributed by atoms with van der Waals surface area (Å²) in [6, 6.07) is 8.11. The normalized spacial score (nSPS) is 11.5. The van der Waals surface area contributed by atoms with E-state index >= 15 is 0 Å². The maximum Gasteiger partial charge on any atom is 0.174 e. The van der Waals surface area contributed by atoms with Gasteiger partial charge in [0.1, 0.15) is 0 Å². The molecule has 0 heterocycles. The van der Waals surface area contributed by atoms with Crippen molar-refractivity contribution in [1.29, 1.82) is 0 Å². The summed E-state index contributed by atoms with van der Waals surface area (Å²) >= 11 is 6.79. The van der Waals surface area contributed by atoms with Gasteiger partial charge in [0, 0.05) is 12.7 Å². The van der Waals surface area contributed by atoms with Crippen LogP contribution in [-0.2, 0) is 0 Å². The van der Waals surface area contributed by atoms with Crippen LogP contribution in [0.3, 0.4) is 0 Å². The quantitative estimate of drug-likeness (QED) is 0.683. The molecule has 14 heavy (non-hydrogen) atoms. The Morgan fingerprint density at radius 1 is 1.29 bits per heavy atom. The van der Waals surface area contributed by atoms with E-state index in [1.165, 1.54) is 5.56 Å². The van der Waals surface area contributed by atoms with Gasteiger partial charge in [-0.1, -0.05) is 17.7 Å². The summed E-state index contributed by atoms with van der Waals surface area (Å²) in [5.74, 6) is 0. The Kier molecular flexibility index (Phi) is 3.98. The molecule has 0 unspecified atom stereocenters. The van der Waals surface area contributed by atoms with Gasteiger partial charge in [-0.15, -0.1) is 0 Å². The van der Waals surface area contributed by atoms with E-state index in [2.05, 4.69) is 31.9 Å². The Bertz CT molecular complexity index is 297. The lowest BCUT2D eigenvalue weighted by Gasteiger charge is -2.32. The van der Waals surface area contributed by atoms with E-state index in [9.17, 15) is 0 Å². The summed E-state index contributed by atoms with van der Waals surface area (Å²) in [6.07, 6.45) is 0. The third-order valence-electron chi connectivity index (χ3n) is 2.10. The van der Waals surface area contributed by atoms with E-state index in [1.807, 2.05) is 43.1 Å². The second kappa shape index (κ2) is 4.64. The van der Waals surface area contributed by atoms with Crippen molar-refractivity contribution in [2.45, 2.75) is 10.3 Å². The lowest BCUT2D eigenvalue weighted by Crippen LogP contribution is -2.38. The highest BCUT2D eigenvalue weighted by Gasteiger charge is 2.27. The second-order valence-electron chi connectivity index (χ2n) is 3.22. The average Bonchev–Trinajstić information content (AvgIpc) is 2.18. The summed E-state index contributed by atoms with van der Waals surface area (Å²) in [5.41, 5.74) is 2.26. The fourth-order valence-electron chi connectivity index (χ4n) is 1.06. The van der Waals surface area contributed by atoms with Crippen molar-refractivity contribution < 1.29 is 5.11 Å². The number of anilines is 1. The maximum absolute atomic E-state index is 9.14. The third kappa shape index (κ3) is 2.72. The Morgan fingerprint density at radius 2 is 1.79 bits per heavy atom. The number of likely N-dealkylation sites (N-methyl/N-ethyl adjacent to an activating group) is 1. The predicted molar refractivity (Wildman–Crippen MR) is 67.3 cm³/mol. The highest BCUT2D eigenvalue weighted by atomic mass is 79.9. The van der Waals surface area contributed by atoms with Gasteiger partial charge in [-0.2, -0.15) is 0 Å². The van der Waals surface area contributed by atoms with E-state index in [0.717, 1.165) is 5.69 Å². The first-order chi connectivity index (χ1) is 6.47. The van der Waals surface area contributed by atoms with Gasteiger partial charge >= 0.3 is 0 Å². The molecular weight excluding hydrogens is 310 g/mol. The van der Waals surface area contributed by atoms with Crippen molar-refractivity contribution in [3.63, 3.8) is 0 Å². The summed E-state index contributed by atoms with van der Waals surface area (Å²) < 4.78 is -0.588. The van der Waals surface area contributed by atoms with Crippen LogP contribution in [0.5, 0.6) is 0 Å². The van der Waals surface area contributed by atoms with E-state index in [1.54, 1.807) is 0 Å². The van der Waals surface area contributed by atoms with Gasteiger partial charge in [0.25, 0.3) is 0 Å². The zero-order chi connectivity index (χ0) is 10.8. The Hall–Kier alpha value is -0.0600. The van der Waals surface area contributed by atoms with Gasteiger partial charge in [-0.05, 0) is 50.9 Å². The minimum absolute atomic E-state index is 0.0165. The van der Waals surface area contributed by atoms with E-state index in [0.29, 0.717) is 0 Å². The number of hydrogen-bond acceptors (Lipinski definition) is 2. The van der Waals surface area contributed by atoms with Crippen molar-refractivity contribution in [2.75, 3.05) is 18.6 Å². The number of halogens is 2. The molecule has 0 fully saturated rings. The molecule has 1 aromatic carbocycles. The molecule has 0 aliphatic heterocycles. The Labute approximate surface area is 101 Å². The molecule has 2 nitrogen and oxygen atoms in total. The number of hydrogen-bond donors (Lipinski definition) is 1. The number of benzene rings is 1. The minimum Gasteiger partial charge on any atom is -0.392 e. The van der Waals surface area contributed by atoms with Crippen molar-refractivity contribution in [3.05, 3.63) is 29.8 Å². The molecule has 0 spiro atoms. The van der Waals surface area contributed by atoms with Crippen LogP contribution in [0.15, 0.2) is 24.3 Å². The number of alkyl halides is 2. The summed E-state index contributed by atoms with van der Waals surface area (Å²) in [6.45, 7) is 2.03. The van der Waals surface area contributed by atoms with Crippen LogP contribution in [0.25, 0.3) is 0 Å². The van der Waals surface area contributed by atoms with Gasteiger partial charge in [0.2, 0.25) is 0 Å². The summed E-state index contributed by atoms with van der Waals surface area (Å²) in [5, 5.41) is 9.14. The van der Waals surface area contributed by atoms with Crippen LogP contribution in [0.4, 0.5) is 5.69 Å². The first-order valence-corrected chi connectivity index (χ1v) is 5.85. The zero-order valence-electron chi connectivity index (χ0n) is 8.17. The van der Waals surface area contributed by atoms with Crippen molar-refractivity contribution in [3.8, 4) is 0 Å². The highest BCUT2D eigenvalue weighted by molar-refractivity contribution is 9.25. The highest BCUT2D eigenvalue weighted by Crippen LogP contribution is 2.33. The number of aryl methyl sites for hydroxylation is 1. The fourth-order valence-corrected chi connectivity index (χ4v) is 1.47. The third-order valence-corrected chi connectivity index (χ3v) is 3.67. The first-order valence-electron chi connectivity index (χ1n) is 4.26. The molecule has 0 aliphatic carbocycles. The molecule has 0 atom stereocenters. The molecule has 0 radical (unpaired) electrons. The van der Waals surface area contributed by atoms with Crippen molar-refractivity contribution in [1.82, 2.24) is 0 Å². The van der Waals surface area contributed by atoms with Gasteiger partial charge in [0.05, 0.1) is 6.61 Å². The lowest BCUT2D eigenvalue weighted by molar-refractivity contribution is 0.288. The van der Waals surface area contributed by atoms with Crippen molar-refractivity contribution >= 4 is 37.5 Å². The number of rotatable bonds is 3. The van der Waals surface area contributed by atoms with Crippen LogP contribution in [0.1, 0.15) is 5.56 Å². The molecule has 4 heteroatoms. The molecule has 0 bridgehead atoms. The maximum atomic E-state index is 9.14. The van der Waals surface area contributed by atoms with Crippen LogP contribution in [-0.4, -0.2) is 22.1 Å². The predicted octanol–water partition coefficient (Wildman–Crippen LogP) is 2.87. The topological polar surface area (TPSA) is 23.5 Å². The SMILES string of the molecule is Cc1ccc(N(C)C(Br)(Br)CO)cc1. The van der Waals surface area contributed by atoms with E-state index < -0.39 is 3.36 Å². The van der Waals surface area contributed by atoms with Crippen LogP contribution < -0.4 is 4.90 Å². The minimum atomic E-state index is -0.588. The smallest absolute Gasteiger partial charge is 0.174 e. The second-order valence-corrected chi connectivity index (χ2v) is 6.91. The largest absolute Gasteiger partial charge is 0.392 e. The lowest BCUT2D eigenvalue weighted by atomic mass is 10.2. The number of aliphatic hydroxyl groups excluding tert-OH is 1. The van der Waals surface area contributed by atoms with Crippen molar-refractivity contribution in [2.24, 2.45) is 0 Å². The monoisotopic (exact) mass is 321 g/mol. The molecule has 1 N–H and O–H groups in total. The molecular formula is C10H13Br2NO.